The van der Waals surface area contributed by atoms with E-state index in [2.05, 4.69) is 11.8 Å². The van der Waals surface area contributed by atoms with Crippen molar-refractivity contribution in [3.63, 3.8) is 0 Å². The van der Waals surface area contributed by atoms with Gasteiger partial charge in [0.2, 0.25) is 0 Å². The van der Waals surface area contributed by atoms with E-state index in [1.54, 1.807) is 12.1 Å². The second kappa shape index (κ2) is 6.64. The molecule has 0 aliphatic carbocycles. The number of nitrogen functional groups attached to an aromatic ring is 1. The maximum atomic E-state index is 11.6. The van der Waals surface area contributed by atoms with E-state index in [1.165, 1.54) is 25.7 Å². The van der Waals surface area contributed by atoms with Crippen LogP contribution in [0.3, 0.4) is 0 Å². The third-order valence-electron chi connectivity index (χ3n) is 4.19. The third kappa shape index (κ3) is 3.24. The highest BCUT2D eigenvalue weighted by atomic mass is 16.1. The molecule has 1 amide bonds. The summed E-state index contributed by atoms with van der Waals surface area (Å²) in [6.07, 6.45) is 6.12. The van der Waals surface area contributed by atoms with E-state index in [-0.39, 0.29) is 0 Å². The van der Waals surface area contributed by atoms with Crippen molar-refractivity contribution in [3.8, 4) is 0 Å². The molecule has 1 aliphatic rings. The molecule has 1 unspecified atom stereocenters. The minimum absolute atomic E-state index is 0.401. The van der Waals surface area contributed by atoms with Gasteiger partial charge in [-0.05, 0) is 37.3 Å². The van der Waals surface area contributed by atoms with Crippen LogP contribution in [0.4, 0.5) is 11.4 Å². The smallest absolute Gasteiger partial charge is 0.250 e. The number of anilines is 2. The molecule has 2 rings (SSSR count). The number of carbonyl (C=O) groups excluding carboxylic acids is 1. The highest BCUT2D eigenvalue weighted by Crippen LogP contribution is 2.31. The molecule has 4 heteroatoms. The first kappa shape index (κ1) is 14.7. The molecule has 1 aliphatic heterocycles. The van der Waals surface area contributed by atoms with Crippen LogP contribution in [0, 0.1) is 5.92 Å². The fourth-order valence-corrected chi connectivity index (χ4v) is 3.20. The largest absolute Gasteiger partial charge is 0.397 e. The summed E-state index contributed by atoms with van der Waals surface area (Å²) in [4.78, 5) is 13.9. The van der Waals surface area contributed by atoms with Crippen LogP contribution in [0.2, 0.25) is 0 Å². The molecule has 20 heavy (non-hydrogen) atoms. The van der Waals surface area contributed by atoms with Crippen molar-refractivity contribution in [2.45, 2.75) is 39.0 Å². The number of hydrogen-bond donors (Lipinski definition) is 2. The number of rotatable bonds is 4. The summed E-state index contributed by atoms with van der Waals surface area (Å²) in [5.74, 6) is 0.397. The van der Waals surface area contributed by atoms with Gasteiger partial charge in [-0.1, -0.05) is 25.8 Å². The molecule has 1 aromatic rings. The van der Waals surface area contributed by atoms with Crippen molar-refractivity contribution in [1.29, 1.82) is 0 Å². The van der Waals surface area contributed by atoms with Crippen LogP contribution in [0.15, 0.2) is 18.2 Å². The van der Waals surface area contributed by atoms with E-state index in [9.17, 15) is 4.79 Å². The van der Waals surface area contributed by atoms with E-state index in [4.69, 9.17) is 11.5 Å². The molecule has 1 saturated heterocycles. The number of amides is 1. The van der Waals surface area contributed by atoms with Gasteiger partial charge in [0.05, 0.1) is 16.9 Å². The lowest BCUT2D eigenvalue weighted by atomic mass is 9.96. The number of primary amides is 1. The zero-order valence-electron chi connectivity index (χ0n) is 12.3. The summed E-state index contributed by atoms with van der Waals surface area (Å²) in [6.45, 7) is 4.15. The molecule has 110 valence electrons. The van der Waals surface area contributed by atoms with Gasteiger partial charge in [0, 0.05) is 13.1 Å². The molecule has 4 nitrogen and oxygen atoms in total. The Morgan fingerprint density at radius 2 is 2.15 bits per heavy atom. The Bertz CT molecular complexity index is 473. The Morgan fingerprint density at radius 3 is 2.85 bits per heavy atom. The molecule has 0 spiro atoms. The maximum absolute atomic E-state index is 11.6. The standard InChI is InChI=1S/C16H25N3O/c1-2-5-12-6-4-10-19(11-9-12)15-13(16(18)20)7-3-8-14(15)17/h3,7-8,12H,2,4-6,9-11,17H2,1H3,(H2,18,20). The normalized spacial score (nSPS) is 19.6. The molecule has 1 atom stereocenters. The van der Waals surface area contributed by atoms with Crippen LogP contribution in [0.25, 0.3) is 0 Å². The van der Waals surface area contributed by atoms with Gasteiger partial charge in [-0.3, -0.25) is 4.79 Å². The van der Waals surface area contributed by atoms with Crippen LogP contribution < -0.4 is 16.4 Å². The lowest BCUT2D eigenvalue weighted by molar-refractivity contribution is 0.100. The highest BCUT2D eigenvalue weighted by Gasteiger charge is 2.21. The number of nitrogens with zero attached hydrogens (tertiary/aromatic N) is 1. The number of carbonyl (C=O) groups is 1. The summed E-state index contributed by atoms with van der Waals surface area (Å²) < 4.78 is 0. The van der Waals surface area contributed by atoms with E-state index >= 15 is 0 Å². The van der Waals surface area contributed by atoms with Crippen molar-refractivity contribution < 1.29 is 4.79 Å². The summed E-state index contributed by atoms with van der Waals surface area (Å²) >= 11 is 0. The fourth-order valence-electron chi connectivity index (χ4n) is 3.20. The molecule has 0 aromatic heterocycles. The molecule has 1 aromatic carbocycles. The minimum atomic E-state index is -0.401. The first-order valence-corrected chi connectivity index (χ1v) is 7.56. The van der Waals surface area contributed by atoms with E-state index in [0.29, 0.717) is 11.3 Å². The van der Waals surface area contributed by atoms with Crippen LogP contribution >= 0.6 is 0 Å². The lowest BCUT2D eigenvalue weighted by Crippen LogP contribution is -2.28. The zero-order valence-corrected chi connectivity index (χ0v) is 12.3. The summed E-state index contributed by atoms with van der Waals surface area (Å²) in [5, 5.41) is 0. The van der Waals surface area contributed by atoms with Gasteiger partial charge >= 0.3 is 0 Å². The maximum Gasteiger partial charge on any atom is 0.250 e. The van der Waals surface area contributed by atoms with Gasteiger partial charge in [-0.2, -0.15) is 0 Å². The monoisotopic (exact) mass is 275 g/mol. The van der Waals surface area contributed by atoms with Gasteiger partial charge in [0.25, 0.3) is 5.91 Å². The zero-order chi connectivity index (χ0) is 14.5. The molecule has 1 heterocycles. The van der Waals surface area contributed by atoms with Gasteiger partial charge < -0.3 is 16.4 Å². The summed E-state index contributed by atoms with van der Waals surface area (Å²) in [5.41, 5.74) is 13.6. The van der Waals surface area contributed by atoms with Crippen molar-refractivity contribution in [2.75, 3.05) is 23.7 Å². The third-order valence-corrected chi connectivity index (χ3v) is 4.19. The SMILES string of the molecule is CCCC1CCCN(c2c(N)cccc2C(N)=O)CC1. The quantitative estimate of drug-likeness (QED) is 0.830. The van der Waals surface area contributed by atoms with Gasteiger partial charge in [0.1, 0.15) is 0 Å². The Hall–Kier alpha value is -1.71. The van der Waals surface area contributed by atoms with Gasteiger partial charge in [-0.15, -0.1) is 0 Å². The summed E-state index contributed by atoms with van der Waals surface area (Å²) in [6, 6.07) is 5.40. The second-order valence-electron chi connectivity index (χ2n) is 5.68. The van der Waals surface area contributed by atoms with Gasteiger partial charge in [-0.25, -0.2) is 0 Å². The van der Waals surface area contributed by atoms with Crippen LogP contribution in [-0.2, 0) is 0 Å². The Morgan fingerprint density at radius 1 is 1.35 bits per heavy atom. The lowest BCUT2D eigenvalue weighted by Gasteiger charge is -2.26. The number of benzene rings is 1. The predicted molar refractivity (Wildman–Crippen MR) is 83.8 cm³/mol. The number of nitrogens with two attached hydrogens (primary N) is 2. The van der Waals surface area contributed by atoms with Crippen LogP contribution in [0.5, 0.6) is 0 Å². The molecular weight excluding hydrogens is 250 g/mol. The molecular formula is C16H25N3O. The molecule has 4 N–H and O–H groups in total. The Kier molecular flexibility index (Phi) is 4.88. The predicted octanol–water partition coefficient (Wildman–Crippen LogP) is 2.77. The summed E-state index contributed by atoms with van der Waals surface area (Å²) in [7, 11) is 0. The van der Waals surface area contributed by atoms with E-state index in [1.807, 2.05) is 6.07 Å². The van der Waals surface area contributed by atoms with Crippen molar-refractivity contribution in [2.24, 2.45) is 11.7 Å². The molecule has 0 saturated carbocycles. The molecule has 0 radical (unpaired) electrons. The van der Waals surface area contributed by atoms with E-state index in [0.717, 1.165) is 31.1 Å². The van der Waals surface area contributed by atoms with Gasteiger partial charge in [0.15, 0.2) is 0 Å². The second-order valence-corrected chi connectivity index (χ2v) is 5.68. The Labute approximate surface area is 121 Å². The number of para-hydroxylation sites is 1. The van der Waals surface area contributed by atoms with Crippen molar-refractivity contribution >= 4 is 17.3 Å². The fraction of sp³-hybridized carbons (Fsp3) is 0.562. The minimum Gasteiger partial charge on any atom is -0.397 e. The Balaban J connectivity index is 2.21. The van der Waals surface area contributed by atoms with Crippen molar-refractivity contribution in [3.05, 3.63) is 23.8 Å². The van der Waals surface area contributed by atoms with Crippen molar-refractivity contribution in [1.82, 2.24) is 0 Å². The van der Waals surface area contributed by atoms with E-state index < -0.39 is 5.91 Å². The molecule has 0 bridgehead atoms. The van der Waals surface area contributed by atoms with Crippen LogP contribution in [-0.4, -0.2) is 19.0 Å². The molecule has 1 fully saturated rings. The average molecular weight is 275 g/mol. The number of hydrogen-bond acceptors (Lipinski definition) is 3. The topological polar surface area (TPSA) is 72.3 Å². The van der Waals surface area contributed by atoms with Crippen LogP contribution in [0.1, 0.15) is 49.4 Å². The average Bonchev–Trinajstić information content (AvgIpc) is 2.64. The first-order valence-electron chi connectivity index (χ1n) is 7.56. The first-order chi connectivity index (χ1) is 9.63. The highest BCUT2D eigenvalue weighted by molar-refractivity contribution is 6.01.